The van der Waals surface area contributed by atoms with Crippen molar-refractivity contribution in [2.45, 2.75) is 58.4 Å². The molecule has 2 heterocycles. The molecule has 0 atom stereocenters. The van der Waals surface area contributed by atoms with E-state index in [2.05, 4.69) is 75.7 Å². The van der Waals surface area contributed by atoms with Gasteiger partial charge in [-0.15, -0.1) is 0 Å². The third-order valence-corrected chi connectivity index (χ3v) is 7.33. The quantitative estimate of drug-likeness (QED) is 0.457. The third-order valence-electron chi connectivity index (χ3n) is 7.33. The van der Waals surface area contributed by atoms with Gasteiger partial charge in [0.05, 0.1) is 10.9 Å². The molecule has 2 heteroatoms. The zero-order chi connectivity index (χ0) is 19.8. The highest BCUT2D eigenvalue weighted by Gasteiger charge is 2.46. The second-order valence-electron chi connectivity index (χ2n) is 8.91. The molecule has 5 rings (SSSR count). The van der Waals surface area contributed by atoms with E-state index in [0.717, 1.165) is 29.5 Å². The highest BCUT2D eigenvalue weighted by Crippen LogP contribution is 2.51. The molecule has 1 aliphatic carbocycles. The first-order chi connectivity index (χ1) is 13.4. The lowest BCUT2D eigenvalue weighted by atomic mass is 9.68. The van der Waals surface area contributed by atoms with E-state index in [-0.39, 0.29) is 16.8 Å². The topological polar surface area (TPSA) is 3.88 Å². The van der Waals surface area contributed by atoms with Crippen LogP contribution in [-0.2, 0) is 11.0 Å². The average Bonchev–Trinajstić information content (AvgIpc) is 2.82. The van der Waals surface area contributed by atoms with Crippen molar-refractivity contribution in [3.63, 3.8) is 0 Å². The maximum Gasteiger partial charge on any atom is 0.222 e. The minimum absolute atomic E-state index is 0.0984. The summed E-state index contributed by atoms with van der Waals surface area (Å²) in [6.07, 6.45) is 8.79. The van der Waals surface area contributed by atoms with Crippen LogP contribution in [0.25, 0.3) is 28.1 Å². The molecule has 0 fully saturated rings. The Morgan fingerprint density at radius 2 is 1.75 bits per heavy atom. The number of halogens is 1. The maximum absolute atomic E-state index is 15.3. The van der Waals surface area contributed by atoms with E-state index >= 15 is 4.39 Å². The molecule has 1 aromatic heterocycles. The molecule has 0 N–H and O–H groups in total. The molecule has 2 aliphatic rings. The second-order valence-corrected chi connectivity index (χ2v) is 8.91. The lowest BCUT2D eigenvalue weighted by molar-refractivity contribution is -0.742. The Morgan fingerprint density at radius 3 is 2.46 bits per heavy atom. The van der Waals surface area contributed by atoms with Crippen molar-refractivity contribution < 1.29 is 8.96 Å². The van der Waals surface area contributed by atoms with Gasteiger partial charge in [0, 0.05) is 29.9 Å². The first-order valence-electron chi connectivity index (χ1n) is 10.4. The van der Waals surface area contributed by atoms with Gasteiger partial charge in [-0.2, -0.15) is 4.57 Å². The van der Waals surface area contributed by atoms with Gasteiger partial charge < -0.3 is 0 Å². The molecule has 0 radical (unpaired) electrons. The molecule has 28 heavy (non-hydrogen) atoms. The fourth-order valence-electron chi connectivity index (χ4n) is 5.56. The molecular weight excluding hydrogens is 345 g/mol. The summed E-state index contributed by atoms with van der Waals surface area (Å²) in [4.78, 5) is 0. The molecule has 0 amide bonds. The van der Waals surface area contributed by atoms with Gasteiger partial charge in [0.25, 0.3) is 0 Å². The van der Waals surface area contributed by atoms with Crippen LogP contribution in [0.15, 0.2) is 42.6 Å². The largest absolute Gasteiger partial charge is 0.222 e. The molecule has 142 valence electrons. The van der Waals surface area contributed by atoms with Gasteiger partial charge in [-0.05, 0) is 41.1 Å². The minimum Gasteiger partial charge on any atom is -0.207 e. The van der Waals surface area contributed by atoms with Crippen LogP contribution in [0, 0.1) is 12.7 Å². The summed E-state index contributed by atoms with van der Waals surface area (Å²) in [5.74, 6) is -0.104. The maximum atomic E-state index is 15.3. The van der Waals surface area contributed by atoms with E-state index in [1.54, 1.807) is 6.07 Å². The zero-order valence-corrected chi connectivity index (χ0v) is 17.4. The first kappa shape index (κ1) is 17.6. The van der Waals surface area contributed by atoms with E-state index in [1.807, 2.05) is 6.07 Å². The van der Waals surface area contributed by atoms with Crippen molar-refractivity contribution in [2.75, 3.05) is 0 Å². The molecule has 1 nitrogen and oxygen atoms in total. The Kier molecular flexibility index (Phi) is 3.48. The highest BCUT2D eigenvalue weighted by atomic mass is 19.1. The molecule has 0 spiro atoms. The monoisotopic (exact) mass is 372 g/mol. The number of allylic oxidation sites excluding steroid dienone is 1. The predicted molar refractivity (Wildman–Crippen MR) is 114 cm³/mol. The summed E-state index contributed by atoms with van der Waals surface area (Å²) in [5.41, 5.74) is 6.24. The Bertz CT molecular complexity index is 1180. The van der Waals surface area contributed by atoms with Crippen molar-refractivity contribution in [1.82, 2.24) is 0 Å². The van der Waals surface area contributed by atoms with Crippen molar-refractivity contribution >= 4 is 16.8 Å². The Labute approximate surface area is 166 Å². The normalized spacial score (nSPS) is 17.6. The van der Waals surface area contributed by atoms with Gasteiger partial charge in [-0.3, -0.25) is 0 Å². The molecule has 0 bridgehead atoms. The summed E-state index contributed by atoms with van der Waals surface area (Å²) in [6, 6.07) is 10.3. The number of hydrogen-bond acceptors (Lipinski definition) is 0. The van der Waals surface area contributed by atoms with Crippen LogP contribution in [-0.4, -0.2) is 0 Å². The van der Waals surface area contributed by atoms with Gasteiger partial charge in [0.1, 0.15) is 5.82 Å². The van der Waals surface area contributed by atoms with Crippen LogP contribution in [0.2, 0.25) is 0 Å². The van der Waals surface area contributed by atoms with Crippen molar-refractivity contribution in [1.29, 1.82) is 0 Å². The van der Waals surface area contributed by atoms with E-state index in [4.69, 9.17) is 0 Å². The Balaban J connectivity index is 2.12. The minimum atomic E-state index is -0.382. The Hall–Kier alpha value is -2.48. The van der Waals surface area contributed by atoms with E-state index in [0.29, 0.717) is 0 Å². The van der Waals surface area contributed by atoms with Gasteiger partial charge in [0.2, 0.25) is 5.69 Å². The number of hydrogen-bond donors (Lipinski definition) is 0. The predicted octanol–water partition coefficient (Wildman–Crippen LogP) is 6.42. The highest BCUT2D eigenvalue weighted by molar-refractivity contribution is 6.03. The fourth-order valence-corrected chi connectivity index (χ4v) is 5.56. The smallest absolute Gasteiger partial charge is 0.207 e. The molecule has 0 unspecified atom stereocenters. The van der Waals surface area contributed by atoms with Crippen molar-refractivity contribution in [3.8, 4) is 11.3 Å². The second kappa shape index (κ2) is 5.53. The van der Waals surface area contributed by atoms with E-state index < -0.39 is 0 Å². The van der Waals surface area contributed by atoms with Crippen LogP contribution >= 0.6 is 0 Å². The van der Waals surface area contributed by atoms with E-state index in [9.17, 15) is 0 Å². The van der Waals surface area contributed by atoms with Gasteiger partial charge in [-0.25, -0.2) is 4.39 Å². The SMILES string of the molecule is CCC1(CC)C=Cc2ccc(F)c3c2-c2c4c(ccc(C)c4cc[n+]21)C3(C)C. The van der Waals surface area contributed by atoms with Crippen LogP contribution in [0.3, 0.4) is 0 Å². The first-order valence-corrected chi connectivity index (χ1v) is 10.4. The van der Waals surface area contributed by atoms with Crippen LogP contribution in [0.4, 0.5) is 4.39 Å². The van der Waals surface area contributed by atoms with Crippen LogP contribution in [0.5, 0.6) is 0 Å². The number of benzene rings is 2. The molecule has 2 aromatic carbocycles. The number of aryl methyl sites for hydroxylation is 1. The summed E-state index contributed by atoms with van der Waals surface area (Å²) < 4.78 is 17.7. The number of aromatic nitrogens is 1. The molecule has 1 aliphatic heterocycles. The zero-order valence-electron chi connectivity index (χ0n) is 17.4. The van der Waals surface area contributed by atoms with Gasteiger partial charge >= 0.3 is 0 Å². The molecule has 3 aromatic rings. The third kappa shape index (κ3) is 1.93. The van der Waals surface area contributed by atoms with Crippen molar-refractivity contribution in [2.24, 2.45) is 0 Å². The summed E-state index contributed by atoms with van der Waals surface area (Å²) >= 11 is 0. The number of rotatable bonds is 2. The summed E-state index contributed by atoms with van der Waals surface area (Å²) in [6.45, 7) is 11.0. The molecular formula is C26H27FN+. The van der Waals surface area contributed by atoms with Crippen LogP contribution < -0.4 is 4.57 Å². The molecule has 0 saturated heterocycles. The van der Waals surface area contributed by atoms with Crippen LogP contribution in [0.1, 0.15) is 62.8 Å². The summed E-state index contributed by atoms with van der Waals surface area (Å²) in [7, 11) is 0. The summed E-state index contributed by atoms with van der Waals surface area (Å²) in [5, 5.41) is 2.57. The van der Waals surface area contributed by atoms with Crippen molar-refractivity contribution in [3.05, 3.63) is 70.7 Å². The standard InChI is InChI=1S/C26H27FN/c1-6-26(7-2)14-12-17-9-11-20(27)23-21(17)24-22-18(13-15-28(24)26)16(3)8-10-19(22)25(23,4)5/h8-15H,6-7H2,1-5H3/q+1. The molecule has 0 saturated carbocycles. The van der Waals surface area contributed by atoms with Gasteiger partial charge in [0.15, 0.2) is 11.7 Å². The lowest BCUT2D eigenvalue weighted by Gasteiger charge is -2.35. The average molecular weight is 373 g/mol. The number of nitrogens with zero attached hydrogens (tertiary/aromatic N) is 1. The van der Waals surface area contributed by atoms with E-state index in [1.165, 1.54) is 27.6 Å². The van der Waals surface area contributed by atoms with Gasteiger partial charge in [-0.1, -0.05) is 52.0 Å². The number of pyridine rings is 1. The Morgan fingerprint density at radius 1 is 1.00 bits per heavy atom. The lowest BCUT2D eigenvalue weighted by Crippen LogP contribution is -2.56. The fraction of sp³-hybridized carbons (Fsp3) is 0.346.